The molecule has 0 saturated carbocycles. The Hall–Kier alpha value is -8.72. The highest BCUT2D eigenvalue weighted by molar-refractivity contribution is 6.18. The monoisotopic (exact) mass is 840 g/mol. The first-order valence-corrected chi connectivity index (χ1v) is 22.7. The Bertz CT molecular complexity index is 3650. The quantitative estimate of drug-likeness (QED) is 0.141. The van der Waals surface area contributed by atoms with Gasteiger partial charge in [-0.2, -0.15) is 0 Å². The van der Waals surface area contributed by atoms with Crippen LogP contribution in [0.25, 0.3) is 93.9 Å². The first kappa shape index (κ1) is 38.9. The molecule has 12 rings (SSSR count). The Balaban J connectivity index is 0.980. The number of para-hydroxylation sites is 1. The van der Waals surface area contributed by atoms with Crippen LogP contribution in [0.15, 0.2) is 267 Å². The fourth-order valence-electron chi connectivity index (χ4n) is 9.78. The van der Waals surface area contributed by atoms with Crippen LogP contribution in [-0.4, -0.2) is 4.57 Å². The molecule has 0 aliphatic carbocycles. The Morgan fingerprint density at radius 1 is 0.258 bits per heavy atom. The average Bonchev–Trinajstić information content (AvgIpc) is 3.75. The minimum absolute atomic E-state index is 1.08. The molecule has 0 aliphatic heterocycles. The Morgan fingerprint density at radius 2 is 0.667 bits per heavy atom. The minimum atomic E-state index is 1.08. The van der Waals surface area contributed by atoms with Crippen molar-refractivity contribution in [2.75, 3.05) is 4.90 Å². The molecule has 0 atom stereocenters. The number of nitrogens with zero attached hydrogens (tertiary/aromatic N) is 2. The summed E-state index contributed by atoms with van der Waals surface area (Å²) >= 11 is 0. The standard InChI is InChI=1S/C64H44N2/c1-4-16-45(17-5-1)47-28-35-54(36-29-47)65(56-39-32-51(33-40-56)59-24-13-12-23-58(59)49-20-8-3-9-21-49)55-37-30-48(31-38-55)53-42-52(46-18-6-2-7-19-46)43-57(44-53)66-63-27-15-14-26-61(63)62-41-34-50-22-10-11-25-60(50)64(62)66/h1-44H. The van der Waals surface area contributed by atoms with Gasteiger partial charge in [-0.3, -0.25) is 0 Å². The molecule has 66 heavy (non-hydrogen) atoms. The lowest BCUT2D eigenvalue weighted by Crippen LogP contribution is -2.09. The van der Waals surface area contributed by atoms with Crippen molar-refractivity contribution in [1.29, 1.82) is 0 Å². The van der Waals surface area contributed by atoms with Gasteiger partial charge in [0.05, 0.1) is 11.0 Å². The van der Waals surface area contributed by atoms with Crippen LogP contribution in [0.3, 0.4) is 0 Å². The molecule has 1 heterocycles. The van der Waals surface area contributed by atoms with E-state index in [9.17, 15) is 0 Å². The molecule has 11 aromatic carbocycles. The maximum atomic E-state index is 2.47. The van der Waals surface area contributed by atoms with E-state index < -0.39 is 0 Å². The molecule has 0 aliphatic rings. The summed E-state index contributed by atoms with van der Waals surface area (Å²) in [7, 11) is 0. The summed E-state index contributed by atoms with van der Waals surface area (Å²) in [6.45, 7) is 0. The van der Waals surface area contributed by atoms with E-state index in [1.165, 1.54) is 77.1 Å². The molecular formula is C64H44N2. The van der Waals surface area contributed by atoms with E-state index in [-0.39, 0.29) is 0 Å². The van der Waals surface area contributed by atoms with Gasteiger partial charge < -0.3 is 9.47 Å². The lowest BCUT2D eigenvalue weighted by atomic mass is 9.94. The Labute approximate surface area is 385 Å². The van der Waals surface area contributed by atoms with Crippen molar-refractivity contribution in [3.05, 3.63) is 267 Å². The summed E-state index contributed by atoms with van der Waals surface area (Å²) < 4.78 is 2.47. The van der Waals surface area contributed by atoms with Crippen molar-refractivity contribution in [3.8, 4) is 61.3 Å². The topological polar surface area (TPSA) is 8.17 Å². The molecule has 0 radical (unpaired) electrons. The van der Waals surface area contributed by atoms with E-state index in [1.807, 2.05) is 0 Å². The van der Waals surface area contributed by atoms with Crippen LogP contribution >= 0.6 is 0 Å². The zero-order valence-corrected chi connectivity index (χ0v) is 36.3. The highest BCUT2D eigenvalue weighted by Crippen LogP contribution is 2.42. The molecule has 12 aromatic rings. The van der Waals surface area contributed by atoms with Gasteiger partial charge in [0.2, 0.25) is 0 Å². The third kappa shape index (κ3) is 7.12. The van der Waals surface area contributed by atoms with E-state index in [0.29, 0.717) is 0 Å². The van der Waals surface area contributed by atoms with Gasteiger partial charge in [0.1, 0.15) is 0 Å². The number of benzene rings is 11. The fourth-order valence-corrected chi connectivity index (χ4v) is 9.78. The van der Waals surface area contributed by atoms with Crippen molar-refractivity contribution in [2.24, 2.45) is 0 Å². The summed E-state index contributed by atoms with van der Waals surface area (Å²) in [5.41, 5.74) is 18.7. The molecule has 0 fully saturated rings. The second-order valence-corrected chi connectivity index (χ2v) is 16.9. The number of anilines is 3. The molecule has 1 aromatic heterocycles. The smallest absolute Gasteiger partial charge is 0.0619 e. The average molecular weight is 841 g/mol. The zero-order valence-electron chi connectivity index (χ0n) is 36.3. The Morgan fingerprint density at radius 3 is 1.24 bits per heavy atom. The van der Waals surface area contributed by atoms with Crippen LogP contribution in [0, 0.1) is 0 Å². The minimum Gasteiger partial charge on any atom is -0.311 e. The summed E-state index contributed by atoms with van der Waals surface area (Å²) in [6.07, 6.45) is 0. The summed E-state index contributed by atoms with van der Waals surface area (Å²) in [5, 5.41) is 4.98. The number of fused-ring (bicyclic) bond motifs is 5. The largest absolute Gasteiger partial charge is 0.311 e. The van der Waals surface area contributed by atoms with E-state index in [4.69, 9.17) is 0 Å². The Kier molecular flexibility index (Phi) is 9.89. The number of hydrogen-bond donors (Lipinski definition) is 0. The molecule has 2 nitrogen and oxygen atoms in total. The lowest BCUT2D eigenvalue weighted by molar-refractivity contribution is 1.19. The van der Waals surface area contributed by atoms with Crippen LogP contribution in [0.4, 0.5) is 17.1 Å². The predicted octanol–water partition coefficient (Wildman–Crippen LogP) is 17.7. The van der Waals surface area contributed by atoms with Gasteiger partial charge in [-0.1, -0.05) is 206 Å². The third-order valence-electron chi connectivity index (χ3n) is 13.0. The van der Waals surface area contributed by atoms with Crippen LogP contribution in [0.1, 0.15) is 0 Å². The van der Waals surface area contributed by atoms with Crippen molar-refractivity contribution in [2.45, 2.75) is 0 Å². The molecule has 0 saturated heterocycles. The van der Waals surface area contributed by atoms with E-state index in [1.54, 1.807) is 0 Å². The molecular weight excluding hydrogens is 797 g/mol. The van der Waals surface area contributed by atoms with Crippen molar-refractivity contribution in [1.82, 2.24) is 4.57 Å². The molecule has 0 N–H and O–H groups in total. The lowest BCUT2D eigenvalue weighted by Gasteiger charge is -2.26. The van der Waals surface area contributed by atoms with E-state index in [0.717, 1.165) is 33.9 Å². The number of rotatable bonds is 9. The van der Waals surface area contributed by atoms with Gasteiger partial charge in [-0.25, -0.2) is 0 Å². The fraction of sp³-hybridized carbons (Fsp3) is 0. The third-order valence-corrected chi connectivity index (χ3v) is 13.0. The van der Waals surface area contributed by atoms with Crippen LogP contribution in [0.5, 0.6) is 0 Å². The zero-order chi connectivity index (χ0) is 43.8. The molecule has 310 valence electrons. The first-order valence-electron chi connectivity index (χ1n) is 22.7. The number of hydrogen-bond acceptors (Lipinski definition) is 1. The molecule has 0 bridgehead atoms. The summed E-state index contributed by atoms with van der Waals surface area (Å²) in [5.74, 6) is 0. The maximum Gasteiger partial charge on any atom is 0.0619 e. The molecule has 0 spiro atoms. The normalized spacial score (nSPS) is 11.3. The second kappa shape index (κ2) is 16.8. The van der Waals surface area contributed by atoms with Gasteiger partial charge in [-0.15, -0.1) is 0 Å². The van der Waals surface area contributed by atoms with Crippen LogP contribution in [-0.2, 0) is 0 Å². The van der Waals surface area contributed by atoms with Crippen molar-refractivity contribution in [3.63, 3.8) is 0 Å². The van der Waals surface area contributed by atoms with Gasteiger partial charge in [0.25, 0.3) is 0 Å². The van der Waals surface area contributed by atoms with Crippen LogP contribution < -0.4 is 4.90 Å². The highest BCUT2D eigenvalue weighted by Gasteiger charge is 2.18. The number of aromatic nitrogens is 1. The summed E-state index contributed by atoms with van der Waals surface area (Å²) in [4.78, 5) is 2.36. The molecule has 0 unspecified atom stereocenters. The predicted molar refractivity (Wildman–Crippen MR) is 280 cm³/mol. The molecule has 2 heteroatoms. The van der Waals surface area contributed by atoms with Crippen molar-refractivity contribution < 1.29 is 0 Å². The van der Waals surface area contributed by atoms with Crippen molar-refractivity contribution >= 4 is 49.6 Å². The summed E-state index contributed by atoms with van der Waals surface area (Å²) in [6, 6.07) is 96.8. The van der Waals surface area contributed by atoms with Gasteiger partial charge >= 0.3 is 0 Å². The first-order chi connectivity index (χ1) is 32.7. The van der Waals surface area contributed by atoms with Gasteiger partial charge in [0.15, 0.2) is 0 Å². The van der Waals surface area contributed by atoms with Gasteiger partial charge in [0, 0.05) is 38.9 Å². The van der Waals surface area contributed by atoms with Gasteiger partial charge in [-0.05, 0) is 122 Å². The maximum absolute atomic E-state index is 2.47. The SMILES string of the molecule is c1ccc(-c2ccc(N(c3ccc(-c4cc(-c5ccccc5)cc(-n5c6ccccc6c6ccc7ccccc7c65)c4)cc3)c3ccc(-c4ccccc4-c4ccccc4)cc3)cc2)cc1. The van der Waals surface area contributed by atoms with E-state index >= 15 is 0 Å². The molecule has 0 amide bonds. The highest BCUT2D eigenvalue weighted by atomic mass is 15.1. The van der Waals surface area contributed by atoms with Crippen LogP contribution in [0.2, 0.25) is 0 Å². The van der Waals surface area contributed by atoms with E-state index in [2.05, 4.69) is 276 Å². The second-order valence-electron chi connectivity index (χ2n) is 16.9.